The Balaban J connectivity index is -0.0000000916. The first-order chi connectivity index (χ1) is 57.4. The van der Waals surface area contributed by atoms with E-state index >= 15 is 0 Å². The molecule has 6 saturated carbocycles. The topological polar surface area (TPSA) is 509 Å². The first kappa shape index (κ1) is 154. The fourth-order valence-corrected chi connectivity index (χ4v) is 15.1. The van der Waals surface area contributed by atoms with Crippen LogP contribution in [0.3, 0.4) is 0 Å². The fourth-order valence-electron chi connectivity index (χ4n) is 11.3. The van der Waals surface area contributed by atoms with Crippen LogP contribution in [0, 0.1) is 41.4 Å². The fraction of sp³-hybridized carbons (Fsp3) is 0.750. The lowest BCUT2D eigenvalue weighted by Gasteiger charge is -2.11. The summed E-state index contributed by atoms with van der Waals surface area (Å²) in [5.74, 6) is -5.23. The van der Waals surface area contributed by atoms with Gasteiger partial charge in [0.1, 0.15) is 85.5 Å². The van der Waals surface area contributed by atoms with E-state index in [0.717, 1.165) is 38.0 Å². The van der Waals surface area contributed by atoms with Crippen molar-refractivity contribution in [3.05, 3.63) is 84.9 Å². The van der Waals surface area contributed by atoms with Crippen molar-refractivity contribution in [1.82, 2.24) is 0 Å². The monoisotopic (exact) mass is 1980 g/mol. The van der Waals surface area contributed by atoms with Gasteiger partial charge in [0.2, 0.25) is 0 Å². The van der Waals surface area contributed by atoms with Crippen molar-refractivity contribution < 1.29 is 159 Å². The van der Waals surface area contributed by atoms with Crippen LogP contribution >= 0.6 is 0 Å². The summed E-state index contributed by atoms with van der Waals surface area (Å²) < 4.78 is 202. The highest BCUT2D eigenvalue weighted by Gasteiger charge is 2.59. The van der Waals surface area contributed by atoms with E-state index in [1.807, 2.05) is 106 Å². The molecule has 11 rings (SSSR count). The van der Waals surface area contributed by atoms with Crippen molar-refractivity contribution in [3.63, 3.8) is 0 Å². The first-order valence-electron chi connectivity index (χ1n) is 42.2. The third kappa shape index (κ3) is 102. The molecule has 8 aliphatic rings. The minimum absolute atomic E-state index is 0. The van der Waals surface area contributed by atoms with Crippen LogP contribution in [0.25, 0.3) is 10.8 Å². The average Bonchev–Trinajstić information content (AvgIpc) is 1.60. The zero-order chi connectivity index (χ0) is 99.0. The van der Waals surface area contributed by atoms with Gasteiger partial charge in [-0.15, -0.1) is 0 Å². The molecule has 3 aromatic rings. The van der Waals surface area contributed by atoms with E-state index in [-0.39, 0.29) is 87.5 Å². The Labute approximate surface area is 784 Å². The molecule has 8 fully saturated rings. The number of carbonyl (C=O) groups is 6. The maximum absolute atomic E-state index is 11.3. The minimum atomic E-state index is -4.47. The molecule has 2 heterocycles. The van der Waals surface area contributed by atoms with Gasteiger partial charge in [-0.3, -0.25) is 33.0 Å². The highest BCUT2D eigenvalue weighted by molar-refractivity contribution is 7.88. The van der Waals surface area contributed by atoms with Crippen molar-refractivity contribution in [2.24, 2.45) is 41.4 Å². The molecule has 8 unspecified atom stereocenters. The SMILES string of the molecule is C.C.C.C.C.C1CC2CCC1C2.CC.CC.CC.CC.CC.CCOC(=O)CS(=O)(=O)[O-].CCOC(=O)CS(=O)(=O)[O-].CCOC(=O)CS(=O)(=O)[O-].CCOC(=O)CS(=O)(=O)[O-].CCOC(=O)CS(=O)(=O)[O-].C[NH+](C)C.C[NH+](C)C.C[NH+](C)C.C[NH+](C)C.C[NH+](C)C.O=C1OC2CC3CC1C2C3.O=S1(=O)OC2CC3CC2C1C3.c1ccc2ccccc2c1.c1ccccc1. The second-order valence-corrected chi connectivity index (χ2v) is 38.2. The van der Waals surface area contributed by atoms with Crippen LogP contribution in [0.1, 0.15) is 212 Å². The largest absolute Gasteiger partial charge is 0.748 e. The van der Waals surface area contributed by atoms with E-state index < -0.39 is 119 Å². The van der Waals surface area contributed by atoms with Crippen LogP contribution in [0.2, 0.25) is 0 Å². The molecule has 3 aromatic carbocycles. The van der Waals surface area contributed by atoms with Gasteiger partial charge in [-0.2, -0.15) is 8.42 Å². The van der Waals surface area contributed by atoms with E-state index in [9.17, 15) is 102 Å². The van der Waals surface area contributed by atoms with Crippen molar-refractivity contribution in [3.8, 4) is 0 Å². The molecule has 0 aromatic heterocycles. The van der Waals surface area contributed by atoms with E-state index in [0.29, 0.717) is 29.8 Å². The van der Waals surface area contributed by atoms with Crippen molar-refractivity contribution >= 4 is 107 Å². The summed E-state index contributed by atoms with van der Waals surface area (Å²) in [6.07, 6.45) is 14.7. The summed E-state index contributed by atoms with van der Waals surface area (Å²) in [6.45, 7) is 28.0. The number of hydrogen-bond acceptors (Lipinski definition) is 30. The Morgan fingerprint density at radius 2 is 0.543 bits per heavy atom. The van der Waals surface area contributed by atoms with Gasteiger partial charge in [0.15, 0.2) is 0 Å². The summed E-state index contributed by atoms with van der Waals surface area (Å²) in [5.41, 5.74) is 0. The highest BCUT2D eigenvalue weighted by atomic mass is 32.2. The minimum Gasteiger partial charge on any atom is -0.748 e. The van der Waals surface area contributed by atoms with E-state index in [1.54, 1.807) is 32.1 Å². The molecule has 35 nitrogen and oxygen atoms in total. The molecule has 6 aliphatic carbocycles. The molecule has 2 saturated heterocycles. The Bertz CT molecular complexity index is 3460. The van der Waals surface area contributed by atoms with Gasteiger partial charge in [0, 0.05) is 11.8 Å². The molecular weight excluding hydrogens is 1800 g/mol. The summed E-state index contributed by atoms with van der Waals surface area (Å²) in [4.78, 5) is 69.4. The molecule has 0 radical (unpaired) electrons. The molecule has 8 atom stereocenters. The number of fused-ring (bicyclic) bond motifs is 5. The predicted octanol–water partition coefficient (Wildman–Crippen LogP) is 5.78. The maximum atomic E-state index is 11.3. The normalized spacial score (nSPS) is 18.8. The Morgan fingerprint density at radius 3 is 0.698 bits per heavy atom. The lowest BCUT2D eigenvalue weighted by atomic mass is 9.90. The number of esters is 6. The van der Waals surface area contributed by atoms with Crippen LogP contribution in [-0.2, 0) is 122 Å². The van der Waals surface area contributed by atoms with Crippen molar-refractivity contribution in [2.45, 2.75) is 229 Å². The lowest BCUT2D eigenvalue weighted by Crippen LogP contribution is -3.02. The molecule has 41 heteroatoms. The number of carbonyl (C=O) groups excluding carboxylic acids is 6. The van der Waals surface area contributed by atoms with E-state index in [1.165, 1.54) is 88.1 Å². The smallest absolute Gasteiger partial charge is 0.319 e. The van der Waals surface area contributed by atoms with Crippen LogP contribution < -0.4 is 24.5 Å². The Morgan fingerprint density at radius 1 is 0.333 bits per heavy atom. The van der Waals surface area contributed by atoms with Gasteiger partial charge in [-0.1, -0.05) is 217 Å². The summed E-state index contributed by atoms with van der Waals surface area (Å²) >= 11 is 0. The standard InChI is InChI=1S/C10H8.C8H10O2.C7H10O3S.C7H12.C6H6.5C4H8O5S.5C3H9N.5C2H6.5CH4/c1-2-6-10-8-4-3-7-9(10)5-1;9-8-6-2-4-1-5(6)7(3-4)10-8;8-11(9)7-3-4-1-5(7)6(2-4)10-11;1-2-7-4-3-6(1)5-7;1-2-4-6-5-3-1;5*1-2-9-4(5)3-10(6,7)8;5*1-4(2)3;5*1-2;;;;;/h1-8H;4-7H,1-3H2;4-7H,1-3H2;6-7H,1-5H2;1-6H;5*2-3H2,1H3,(H,6,7,8);5*1-3H3;5*1-2H3;5*1H4. The van der Waals surface area contributed by atoms with Gasteiger partial charge in [-0.25, -0.2) is 42.1 Å². The Kier molecular flexibility index (Phi) is 107. The van der Waals surface area contributed by atoms with Crippen molar-refractivity contribution in [1.29, 1.82) is 0 Å². The Hall–Kier alpha value is -6.00. The molecule has 0 amide bonds. The second kappa shape index (κ2) is 89.8. The van der Waals surface area contributed by atoms with Crippen LogP contribution in [0.15, 0.2) is 84.9 Å². The number of hydrogen-bond donors (Lipinski definition) is 5. The number of ether oxygens (including phenoxy) is 6. The molecule has 129 heavy (non-hydrogen) atoms. The van der Waals surface area contributed by atoms with Gasteiger partial charge < -0.3 is 75.7 Å². The zero-order valence-corrected chi connectivity index (χ0v) is 84.8. The summed E-state index contributed by atoms with van der Waals surface area (Å²) in [7, 11) is 5.77. The number of quaternary nitrogens is 5. The lowest BCUT2D eigenvalue weighted by molar-refractivity contribution is -0.836. The molecular formula is C88H181N5O30S6. The molecule has 5 N–H and O–H groups in total. The predicted molar refractivity (Wildman–Crippen MR) is 513 cm³/mol. The third-order valence-corrected chi connectivity index (χ3v) is 19.3. The van der Waals surface area contributed by atoms with E-state index in [2.05, 4.69) is 178 Å². The zero-order valence-electron chi connectivity index (χ0n) is 79.9. The van der Waals surface area contributed by atoms with Crippen molar-refractivity contribution in [2.75, 3.05) is 168 Å². The van der Waals surface area contributed by atoms with Gasteiger partial charge in [0.05, 0.1) is 156 Å². The molecule has 0 spiro atoms. The first-order valence-corrected chi connectivity index (χ1v) is 51.6. The molecule has 6 bridgehead atoms. The van der Waals surface area contributed by atoms with E-state index in [4.69, 9.17) is 8.92 Å². The van der Waals surface area contributed by atoms with Gasteiger partial charge in [-0.05, 0) is 114 Å². The van der Waals surface area contributed by atoms with Crippen LogP contribution in [0.4, 0.5) is 0 Å². The van der Waals surface area contributed by atoms with Gasteiger partial charge in [0.25, 0.3) is 10.1 Å². The molecule has 774 valence electrons. The molecule has 2 aliphatic heterocycles. The van der Waals surface area contributed by atoms with Crippen LogP contribution in [-0.4, -0.2) is 294 Å². The number of rotatable bonds is 15. The summed E-state index contributed by atoms with van der Waals surface area (Å²) in [5, 5.41) is 2.49. The second-order valence-electron chi connectivity index (χ2n) is 29.4. The highest BCUT2D eigenvalue weighted by Crippen LogP contribution is 2.55. The average molecular weight is 1980 g/mol. The maximum Gasteiger partial charge on any atom is 0.319 e. The van der Waals surface area contributed by atoms with Crippen LogP contribution in [0.5, 0.6) is 0 Å². The number of benzene rings is 3. The third-order valence-electron chi connectivity index (χ3n) is 14.6. The van der Waals surface area contributed by atoms with Gasteiger partial charge >= 0.3 is 35.8 Å². The quantitative estimate of drug-likeness (QED) is 0.0520. The summed E-state index contributed by atoms with van der Waals surface area (Å²) in [6, 6.07) is 28.7. The number of nitrogens with one attached hydrogen (secondary N) is 5.